The summed E-state index contributed by atoms with van der Waals surface area (Å²) in [5.41, 5.74) is 0.636. The Labute approximate surface area is 131 Å². The Morgan fingerprint density at radius 2 is 2.04 bits per heavy atom. The Kier molecular flexibility index (Phi) is 3.80. The van der Waals surface area contributed by atoms with Crippen molar-refractivity contribution in [3.05, 3.63) is 60.7 Å². The van der Waals surface area contributed by atoms with Crippen LogP contribution in [0.2, 0.25) is 0 Å². The standard InChI is InChI=1S/C16H11N5O2/c17-9-11(16(23)20-13-5-1-3-7-18-13)15(22)12-10-21-8-4-2-6-14(21)19-12/h1-8,10-11H,(H,18,20,23)/t11-/m1/s1. The van der Waals surface area contributed by atoms with E-state index in [0.717, 1.165) is 0 Å². The average molecular weight is 305 g/mol. The van der Waals surface area contributed by atoms with Gasteiger partial charge in [0, 0.05) is 18.6 Å². The van der Waals surface area contributed by atoms with Crippen molar-refractivity contribution in [2.45, 2.75) is 0 Å². The monoisotopic (exact) mass is 305 g/mol. The number of nitriles is 1. The first kappa shape index (κ1) is 14.4. The number of nitrogens with zero attached hydrogens (tertiary/aromatic N) is 4. The highest BCUT2D eigenvalue weighted by molar-refractivity contribution is 6.14. The summed E-state index contributed by atoms with van der Waals surface area (Å²) in [7, 11) is 0. The van der Waals surface area contributed by atoms with Crippen molar-refractivity contribution in [2.24, 2.45) is 5.92 Å². The lowest BCUT2D eigenvalue weighted by Gasteiger charge is -2.07. The second-order valence-electron chi connectivity index (χ2n) is 4.72. The fraction of sp³-hybridized carbons (Fsp3) is 0.0625. The van der Waals surface area contributed by atoms with E-state index < -0.39 is 17.6 Å². The second kappa shape index (κ2) is 6.07. The molecule has 0 radical (unpaired) electrons. The molecule has 0 saturated heterocycles. The summed E-state index contributed by atoms with van der Waals surface area (Å²) in [5, 5.41) is 11.6. The highest BCUT2D eigenvalue weighted by Crippen LogP contribution is 2.12. The summed E-state index contributed by atoms with van der Waals surface area (Å²) in [5.74, 6) is -2.58. The summed E-state index contributed by atoms with van der Waals surface area (Å²) >= 11 is 0. The van der Waals surface area contributed by atoms with Gasteiger partial charge in [-0.1, -0.05) is 12.1 Å². The number of amides is 1. The van der Waals surface area contributed by atoms with Crippen LogP contribution in [-0.2, 0) is 4.79 Å². The van der Waals surface area contributed by atoms with E-state index in [2.05, 4.69) is 15.3 Å². The summed E-state index contributed by atoms with van der Waals surface area (Å²) in [6.07, 6.45) is 4.73. The number of carbonyl (C=O) groups excluding carboxylic acids is 2. The molecule has 0 aliphatic heterocycles. The molecular weight excluding hydrogens is 294 g/mol. The smallest absolute Gasteiger partial charge is 0.250 e. The van der Waals surface area contributed by atoms with Gasteiger partial charge in [-0.3, -0.25) is 9.59 Å². The van der Waals surface area contributed by atoms with Crippen LogP contribution in [-0.4, -0.2) is 26.1 Å². The molecule has 0 fully saturated rings. The minimum absolute atomic E-state index is 0.0684. The Morgan fingerprint density at radius 1 is 1.22 bits per heavy atom. The molecule has 0 saturated carbocycles. The maximum atomic E-state index is 12.4. The van der Waals surface area contributed by atoms with Crippen molar-refractivity contribution < 1.29 is 9.59 Å². The fourth-order valence-electron chi connectivity index (χ4n) is 2.07. The molecule has 0 bridgehead atoms. The van der Waals surface area contributed by atoms with E-state index in [4.69, 9.17) is 0 Å². The molecule has 3 rings (SSSR count). The number of hydrogen-bond acceptors (Lipinski definition) is 5. The van der Waals surface area contributed by atoms with Crippen LogP contribution < -0.4 is 5.32 Å². The van der Waals surface area contributed by atoms with Gasteiger partial charge in [-0.25, -0.2) is 9.97 Å². The molecule has 0 aliphatic rings. The van der Waals surface area contributed by atoms with Crippen molar-refractivity contribution in [3.63, 3.8) is 0 Å². The molecule has 0 aliphatic carbocycles. The van der Waals surface area contributed by atoms with Crippen molar-refractivity contribution in [1.82, 2.24) is 14.4 Å². The predicted molar refractivity (Wildman–Crippen MR) is 81.5 cm³/mol. The first-order chi connectivity index (χ1) is 11.2. The third-order valence-corrected chi connectivity index (χ3v) is 3.19. The zero-order valence-electron chi connectivity index (χ0n) is 11.9. The number of rotatable bonds is 4. The first-order valence-corrected chi connectivity index (χ1v) is 6.78. The number of anilines is 1. The van der Waals surface area contributed by atoms with E-state index in [0.29, 0.717) is 5.65 Å². The fourth-order valence-corrected chi connectivity index (χ4v) is 2.07. The molecule has 0 spiro atoms. The highest BCUT2D eigenvalue weighted by Gasteiger charge is 2.29. The van der Waals surface area contributed by atoms with E-state index in [9.17, 15) is 14.9 Å². The van der Waals surface area contributed by atoms with E-state index >= 15 is 0 Å². The van der Waals surface area contributed by atoms with Crippen LogP contribution in [0.15, 0.2) is 55.0 Å². The average Bonchev–Trinajstić information content (AvgIpc) is 3.00. The molecule has 3 heterocycles. The molecule has 7 heteroatoms. The summed E-state index contributed by atoms with van der Waals surface area (Å²) in [6.45, 7) is 0. The van der Waals surface area contributed by atoms with Crippen molar-refractivity contribution in [1.29, 1.82) is 5.26 Å². The molecule has 3 aromatic rings. The van der Waals surface area contributed by atoms with Gasteiger partial charge in [0.25, 0.3) is 5.91 Å². The summed E-state index contributed by atoms with van der Waals surface area (Å²) < 4.78 is 1.65. The van der Waals surface area contributed by atoms with Gasteiger partial charge in [-0.2, -0.15) is 5.26 Å². The van der Waals surface area contributed by atoms with Gasteiger partial charge < -0.3 is 9.72 Å². The van der Waals surface area contributed by atoms with Gasteiger partial charge in [0.05, 0.1) is 6.07 Å². The van der Waals surface area contributed by atoms with E-state index in [1.54, 1.807) is 53.1 Å². The van der Waals surface area contributed by atoms with Gasteiger partial charge in [-0.15, -0.1) is 0 Å². The van der Waals surface area contributed by atoms with Crippen LogP contribution in [0.5, 0.6) is 0 Å². The maximum Gasteiger partial charge on any atom is 0.250 e. The molecule has 112 valence electrons. The number of nitrogens with one attached hydrogen (secondary N) is 1. The molecule has 1 N–H and O–H groups in total. The Morgan fingerprint density at radius 3 is 2.74 bits per heavy atom. The molecular formula is C16H11N5O2. The van der Waals surface area contributed by atoms with Gasteiger partial charge >= 0.3 is 0 Å². The lowest BCUT2D eigenvalue weighted by Crippen LogP contribution is -2.29. The minimum atomic E-state index is -1.48. The molecule has 0 unspecified atom stereocenters. The van der Waals surface area contributed by atoms with Crippen molar-refractivity contribution >= 4 is 23.2 Å². The Hall–Kier alpha value is -3.53. The van der Waals surface area contributed by atoms with Crippen LogP contribution >= 0.6 is 0 Å². The third kappa shape index (κ3) is 2.91. The lowest BCUT2D eigenvalue weighted by molar-refractivity contribution is -0.117. The number of aromatic nitrogens is 3. The largest absolute Gasteiger partial charge is 0.309 e. The SMILES string of the molecule is N#C[C@@H](C(=O)Nc1ccccn1)C(=O)c1cn2ccccc2n1. The Bertz CT molecular complexity index is 878. The zero-order valence-corrected chi connectivity index (χ0v) is 11.9. The number of hydrogen-bond donors (Lipinski definition) is 1. The first-order valence-electron chi connectivity index (χ1n) is 6.78. The van der Waals surface area contributed by atoms with Crippen molar-refractivity contribution in [2.75, 3.05) is 5.32 Å². The van der Waals surface area contributed by atoms with E-state index in [1.165, 1.54) is 12.4 Å². The van der Waals surface area contributed by atoms with Gasteiger partial charge in [-0.05, 0) is 24.3 Å². The quantitative estimate of drug-likeness (QED) is 0.584. The van der Waals surface area contributed by atoms with E-state index in [1.807, 2.05) is 0 Å². The zero-order chi connectivity index (χ0) is 16.2. The van der Waals surface area contributed by atoms with Crippen LogP contribution in [0.25, 0.3) is 5.65 Å². The van der Waals surface area contributed by atoms with Crippen molar-refractivity contribution in [3.8, 4) is 6.07 Å². The normalized spacial score (nSPS) is 11.6. The number of carbonyl (C=O) groups is 2. The Balaban J connectivity index is 1.83. The van der Waals surface area contributed by atoms with Crippen LogP contribution in [0.4, 0.5) is 5.82 Å². The number of fused-ring (bicyclic) bond motifs is 1. The van der Waals surface area contributed by atoms with Gasteiger partial charge in [0.2, 0.25) is 5.78 Å². The number of imidazole rings is 1. The number of pyridine rings is 2. The molecule has 1 amide bonds. The van der Waals surface area contributed by atoms with Crippen LogP contribution in [0.1, 0.15) is 10.5 Å². The molecule has 23 heavy (non-hydrogen) atoms. The summed E-state index contributed by atoms with van der Waals surface area (Å²) in [6, 6.07) is 12.0. The summed E-state index contributed by atoms with van der Waals surface area (Å²) in [4.78, 5) is 32.6. The maximum absolute atomic E-state index is 12.4. The lowest BCUT2D eigenvalue weighted by atomic mass is 10.0. The van der Waals surface area contributed by atoms with Crippen LogP contribution in [0, 0.1) is 17.2 Å². The number of Topliss-reactive ketones (excluding diaryl/α,β-unsaturated/α-hetero) is 1. The molecule has 7 nitrogen and oxygen atoms in total. The molecule has 1 atom stereocenters. The molecule has 3 aromatic heterocycles. The molecule has 0 aromatic carbocycles. The van der Waals surface area contributed by atoms with Crippen LogP contribution in [0.3, 0.4) is 0 Å². The minimum Gasteiger partial charge on any atom is -0.309 e. The second-order valence-corrected chi connectivity index (χ2v) is 4.72. The number of ketones is 1. The van der Waals surface area contributed by atoms with Gasteiger partial charge in [0.1, 0.15) is 17.2 Å². The third-order valence-electron chi connectivity index (χ3n) is 3.19. The topological polar surface area (TPSA) is 100 Å². The highest BCUT2D eigenvalue weighted by atomic mass is 16.2. The van der Waals surface area contributed by atoms with E-state index in [-0.39, 0.29) is 11.5 Å². The predicted octanol–water partition coefficient (Wildman–Crippen LogP) is 1.69. The van der Waals surface area contributed by atoms with Gasteiger partial charge in [0.15, 0.2) is 5.92 Å².